The zero-order valence-electron chi connectivity index (χ0n) is 8.70. The van der Waals surface area contributed by atoms with E-state index in [0.717, 1.165) is 18.5 Å². The van der Waals surface area contributed by atoms with Crippen molar-refractivity contribution < 1.29 is 0 Å². The van der Waals surface area contributed by atoms with Crippen molar-refractivity contribution in [2.75, 3.05) is 5.32 Å². The molecule has 0 aliphatic rings. The maximum Gasteiger partial charge on any atom is 0.385 e. The van der Waals surface area contributed by atoms with Gasteiger partial charge in [0.2, 0.25) is 5.39 Å². The minimum absolute atomic E-state index is 0.520. The Hall–Kier alpha value is -1.56. The molecule has 14 heavy (non-hydrogen) atoms. The molecule has 0 fully saturated rings. The molecule has 0 atom stereocenters. The van der Waals surface area contributed by atoms with Gasteiger partial charge < -0.3 is 5.32 Å². The van der Waals surface area contributed by atoms with Gasteiger partial charge in [-0.15, -0.1) is 0 Å². The standard InChI is InChI=1S/C11H16N3/c1-3-9(4-2)13-10-5-7-11(14-12)8-6-10/h5-9,13H,3-4H2,1-2H3/q+1. The fourth-order valence-corrected chi connectivity index (χ4v) is 1.35. The van der Waals surface area contributed by atoms with Gasteiger partial charge in [0.25, 0.3) is 0 Å². The Balaban J connectivity index is 2.64. The third kappa shape index (κ3) is 2.74. The fraction of sp³-hybridized carbons (Fsp3) is 0.455. The molecule has 0 aromatic heterocycles. The molecule has 74 valence electrons. The van der Waals surface area contributed by atoms with Gasteiger partial charge in [-0.1, -0.05) is 13.8 Å². The van der Waals surface area contributed by atoms with Crippen molar-refractivity contribution in [1.29, 1.82) is 5.39 Å². The van der Waals surface area contributed by atoms with Gasteiger partial charge in [0.15, 0.2) is 4.98 Å². The molecule has 0 saturated carbocycles. The van der Waals surface area contributed by atoms with Crippen molar-refractivity contribution in [3.63, 3.8) is 0 Å². The molecule has 1 aromatic carbocycles. The van der Waals surface area contributed by atoms with E-state index in [0.29, 0.717) is 11.7 Å². The fourth-order valence-electron chi connectivity index (χ4n) is 1.35. The van der Waals surface area contributed by atoms with Crippen LogP contribution in [-0.4, -0.2) is 6.04 Å². The first kappa shape index (κ1) is 10.5. The molecule has 0 bridgehead atoms. The van der Waals surface area contributed by atoms with E-state index >= 15 is 0 Å². The van der Waals surface area contributed by atoms with Crippen LogP contribution in [0.5, 0.6) is 0 Å². The Labute approximate surface area is 84.8 Å². The van der Waals surface area contributed by atoms with Crippen molar-refractivity contribution >= 4 is 11.4 Å². The highest BCUT2D eigenvalue weighted by Gasteiger charge is 2.05. The predicted octanol–water partition coefficient (Wildman–Crippen LogP) is 3.77. The maximum absolute atomic E-state index is 8.51. The Kier molecular flexibility index (Phi) is 3.93. The number of hydrogen-bond donors (Lipinski definition) is 1. The van der Waals surface area contributed by atoms with Gasteiger partial charge in [-0.3, -0.25) is 0 Å². The first-order chi connectivity index (χ1) is 6.80. The van der Waals surface area contributed by atoms with Crippen LogP contribution in [-0.2, 0) is 0 Å². The monoisotopic (exact) mass is 190 g/mol. The molecule has 3 heteroatoms. The normalized spacial score (nSPS) is 9.86. The van der Waals surface area contributed by atoms with E-state index < -0.39 is 0 Å². The summed E-state index contributed by atoms with van der Waals surface area (Å²) in [5.74, 6) is 0. The van der Waals surface area contributed by atoms with E-state index in [1.54, 1.807) is 12.1 Å². The Bertz CT molecular complexity index is 306. The molecule has 0 saturated heterocycles. The van der Waals surface area contributed by atoms with Gasteiger partial charge in [0.1, 0.15) is 0 Å². The van der Waals surface area contributed by atoms with Crippen LogP contribution in [0, 0.1) is 5.39 Å². The Morgan fingerprint density at radius 1 is 1.21 bits per heavy atom. The van der Waals surface area contributed by atoms with Crippen LogP contribution in [0.2, 0.25) is 0 Å². The van der Waals surface area contributed by atoms with E-state index in [1.165, 1.54) is 0 Å². The summed E-state index contributed by atoms with van der Waals surface area (Å²) in [5.41, 5.74) is 1.66. The average Bonchev–Trinajstić information content (AvgIpc) is 2.26. The lowest BCUT2D eigenvalue weighted by atomic mass is 10.1. The third-order valence-electron chi connectivity index (χ3n) is 2.34. The average molecular weight is 190 g/mol. The number of nitrogens with one attached hydrogen (secondary N) is 1. The van der Waals surface area contributed by atoms with Gasteiger partial charge in [-0.2, -0.15) is 0 Å². The quantitative estimate of drug-likeness (QED) is 0.734. The molecule has 0 aliphatic carbocycles. The van der Waals surface area contributed by atoms with Crippen LogP contribution in [0.3, 0.4) is 0 Å². The maximum atomic E-state index is 8.51. The summed E-state index contributed by atoms with van der Waals surface area (Å²) in [5, 5.41) is 11.9. The van der Waals surface area contributed by atoms with Crippen LogP contribution in [0.25, 0.3) is 4.98 Å². The second kappa shape index (κ2) is 5.23. The molecule has 0 radical (unpaired) electrons. The minimum atomic E-state index is 0.520. The lowest BCUT2D eigenvalue weighted by Gasteiger charge is -2.15. The lowest BCUT2D eigenvalue weighted by molar-refractivity contribution is 0.672. The molecule has 0 heterocycles. The lowest BCUT2D eigenvalue weighted by Crippen LogP contribution is -2.16. The van der Waals surface area contributed by atoms with Gasteiger partial charge in [0.05, 0.1) is 0 Å². The Morgan fingerprint density at radius 3 is 2.21 bits per heavy atom. The first-order valence-electron chi connectivity index (χ1n) is 5.01. The molecule has 0 aliphatic heterocycles. The summed E-state index contributed by atoms with van der Waals surface area (Å²) < 4.78 is 0. The van der Waals surface area contributed by atoms with Crippen molar-refractivity contribution in [3.05, 3.63) is 29.2 Å². The number of anilines is 1. The molecule has 0 amide bonds. The van der Waals surface area contributed by atoms with Gasteiger partial charge in [-0.25, -0.2) is 0 Å². The van der Waals surface area contributed by atoms with Crippen molar-refractivity contribution in [2.24, 2.45) is 0 Å². The molecule has 1 aromatic rings. The highest BCUT2D eigenvalue weighted by molar-refractivity contribution is 5.54. The van der Waals surface area contributed by atoms with E-state index in [-0.39, 0.29) is 0 Å². The minimum Gasteiger partial charge on any atom is -0.382 e. The summed E-state index contributed by atoms with van der Waals surface area (Å²) in [6.45, 7) is 4.33. The summed E-state index contributed by atoms with van der Waals surface area (Å²) in [7, 11) is 0. The SMILES string of the molecule is CCC(CC)Nc1ccc([N+]#N)cc1. The molecule has 0 unspecified atom stereocenters. The van der Waals surface area contributed by atoms with Crippen molar-refractivity contribution in [2.45, 2.75) is 32.7 Å². The predicted molar refractivity (Wildman–Crippen MR) is 59.2 cm³/mol. The number of benzene rings is 1. The molecular weight excluding hydrogens is 174 g/mol. The Morgan fingerprint density at radius 2 is 1.79 bits per heavy atom. The van der Waals surface area contributed by atoms with E-state index in [2.05, 4.69) is 24.1 Å². The van der Waals surface area contributed by atoms with Crippen LogP contribution >= 0.6 is 0 Å². The summed E-state index contributed by atoms with van der Waals surface area (Å²) in [6, 6.07) is 7.93. The molecule has 0 spiro atoms. The summed E-state index contributed by atoms with van der Waals surface area (Å²) in [6.07, 6.45) is 2.23. The highest BCUT2D eigenvalue weighted by Crippen LogP contribution is 2.17. The van der Waals surface area contributed by atoms with Crippen LogP contribution in [0.4, 0.5) is 11.4 Å². The number of nitrogens with zero attached hydrogens (tertiary/aromatic N) is 2. The summed E-state index contributed by atoms with van der Waals surface area (Å²) >= 11 is 0. The van der Waals surface area contributed by atoms with E-state index in [9.17, 15) is 0 Å². The zero-order chi connectivity index (χ0) is 10.4. The third-order valence-corrected chi connectivity index (χ3v) is 2.34. The molecule has 1 N–H and O–H groups in total. The molecule has 1 rings (SSSR count). The highest BCUT2D eigenvalue weighted by atomic mass is 14.9. The van der Waals surface area contributed by atoms with Crippen molar-refractivity contribution in [1.82, 2.24) is 0 Å². The topological polar surface area (TPSA) is 40.2 Å². The van der Waals surface area contributed by atoms with E-state index in [4.69, 9.17) is 5.39 Å². The van der Waals surface area contributed by atoms with Crippen molar-refractivity contribution in [3.8, 4) is 0 Å². The molecular formula is C11H16N3+. The van der Waals surface area contributed by atoms with Gasteiger partial charge in [0, 0.05) is 23.9 Å². The van der Waals surface area contributed by atoms with Crippen LogP contribution in [0.15, 0.2) is 24.3 Å². The molecule has 3 nitrogen and oxygen atoms in total. The number of hydrogen-bond acceptors (Lipinski definition) is 2. The van der Waals surface area contributed by atoms with Crippen LogP contribution in [0.1, 0.15) is 26.7 Å². The van der Waals surface area contributed by atoms with E-state index in [1.807, 2.05) is 12.1 Å². The second-order valence-electron chi connectivity index (χ2n) is 3.30. The number of rotatable bonds is 4. The largest absolute Gasteiger partial charge is 0.385 e. The summed E-state index contributed by atoms with van der Waals surface area (Å²) in [4.78, 5) is 3.10. The van der Waals surface area contributed by atoms with Crippen LogP contribution < -0.4 is 5.32 Å². The van der Waals surface area contributed by atoms with Gasteiger partial charge >= 0.3 is 5.69 Å². The zero-order valence-corrected chi connectivity index (χ0v) is 8.70. The smallest absolute Gasteiger partial charge is 0.382 e. The second-order valence-corrected chi connectivity index (χ2v) is 3.30. The first-order valence-corrected chi connectivity index (χ1v) is 5.01. The number of diazo groups is 1. The van der Waals surface area contributed by atoms with Gasteiger partial charge in [-0.05, 0) is 25.0 Å².